The number of benzene rings is 1. The minimum Gasteiger partial charge on any atom is -0.356 e. The van der Waals surface area contributed by atoms with Gasteiger partial charge in [-0.3, -0.25) is 4.79 Å². The fourth-order valence-electron chi connectivity index (χ4n) is 2.31. The summed E-state index contributed by atoms with van der Waals surface area (Å²) in [5.74, 6) is 0.167. The van der Waals surface area contributed by atoms with E-state index in [0.717, 1.165) is 19.4 Å². The van der Waals surface area contributed by atoms with E-state index in [1.807, 2.05) is 18.2 Å². The third-order valence-corrected chi connectivity index (χ3v) is 3.27. The van der Waals surface area contributed by atoms with Crippen molar-refractivity contribution in [2.45, 2.75) is 38.3 Å². The Balaban J connectivity index is 1.93. The zero-order valence-electron chi connectivity index (χ0n) is 10.3. The molecule has 2 N–H and O–H groups in total. The zero-order valence-corrected chi connectivity index (χ0v) is 10.3. The topological polar surface area (TPSA) is 41.1 Å². The number of carbonyl (C=O) groups excluding carboxylic acids is 1. The summed E-state index contributed by atoms with van der Waals surface area (Å²) in [7, 11) is 0. The van der Waals surface area contributed by atoms with E-state index in [1.54, 1.807) is 0 Å². The van der Waals surface area contributed by atoms with Crippen molar-refractivity contribution in [3.8, 4) is 0 Å². The Kier molecular flexibility index (Phi) is 4.15. The largest absolute Gasteiger partial charge is 0.356 e. The van der Waals surface area contributed by atoms with Crippen molar-refractivity contribution in [2.24, 2.45) is 0 Å². The highest BCUT2D eigenvalue weighted by Crippen LogP contribution is 2.15. The van der Waals surface area contributed by atoms with E-state index in [4.69, 9.17) is 0 Å². The molecule has 1 aromatic carbocycles. The molecular formula is C14H20N2O. The van der Waals surface area contributed by atoms with Crippen LogP contribution in [0.5, 0.6) is 0 Å². The number of hydrogen-bond acceptors (Lipinski definition) is 2. The van der Waals surface area contributed by atoms with E-state index in [-0.39, 0.29) is 5.91 Å². The maximum absolute atomic E-state index is 11.5. The van der Waals surface area contributed by atoms with Crippen molar-refractivity contribution in [2.75, 3.05) is 6.54 Å². The second-order valence-corrected chi connectivity index (χ2v) is 4.69. The Bertz CT molecular complexity index is 364. The minimum absolute atomic E-state index is 0.167. The van der Waals surface area contributed by atoms with Crippen LogP contribution in [0.25, 0.3) is 0 Å². The molecule has 17 heavy (non-hydrogen) atoms. The van der Waals surface area contributed by atoms with Crippen LogP contribution in [0.2, 0.25) is 0 Å². The fraction of sp³-hybridized carbons (Fsp3) is 0.500. The molecule has 2 atom stereocenters. The quantitative estimate of drug-likeness (QED) is 0.837. The summed E-state index contributed by atoms with van der Waals surface area (Å²) in [5, 5.41) is 6.45. The average Bonchev–Trinajstić information content (AvgIpc) is 2.55. The molecule has 92 valence electrons. The van der Waals surface area contributed by atoms with Crippen LogP contribution in [0, 0.1) is 0 Å². The summed E-state index contributed by atoms with van der Waals surface area (Å²) < 4.78 is 0. The van der Waals surface area contributed by atoms with Crippen LogP contribution < -0.4 is 10.6 Å². The number of nitrogens with one attached hydrogen (secondary N) is 2. The van der Waals surface area contributed by atoms with Crippen LogP contribution in [0.1, 0.15) is 37.8 Å². The number of carbonyl (C=O) groups is 1. The molecule has 1 aromatic rings. The van der Waals surface area contributed by atoms with Crippen LogP contribution in [0.3, 0.4) is 0 Å². The molecule has 0 bridgehead atoms. The van der Waals surface area contributed by atoms with Gasteiger partial charge in [0.15, 0.2) is 0 Å². The number of hydrogen-bond donors (Lipinski definition) is 2. The molecule has 2 rings (SSSR count). The molecule has 0 aromatic heterocycles. The highest BCUT2D eigenvalue weighted by Gasteiger charge is 2.19. The highest BCUT2D eigenvalue weighted by molar-refractivity contribution is 5.76. The van der Waals surface area contributed by atoms with Crippen molar-refractivity contribution in [3.05, 3.63) is 35.9 Å². The van der Waals surface area contributed by atoms with Gasteiger partial charge in [-0.25, -0.2) is 0 Å². The number of amides is 1. The molecule has 0 radical (unpaired) electrons. The van der Waals surface area contributed by atoms with Crippen molar-refractivity contribution >= 4 is 5.91 Å². The lowest BCUT2D eigenvalue weighted by atomic mass is 10.0. The van der Waals surface area contributed by atoms with Crippen molar-refractivity contribution < 1.29 is 4.79 Å². The smallest absolute Gasteiger partial charge is 0.221 e. The number of rotatable bonds is 3. The minimum atomic E-state index is 0.167. The standard InChI is InChI=1S/C14H20N2O/c1-11(12-6-3-2-4-7-12)16-13-8-5-9-15-14(17)10-13/h2-4,6-7,11,13,16H,5,8-10H2,1H3,(H,15,17)/t11-,13?/m0/s1. The second-order valence-electron chi connectivity index (χ2n) is 4.69. The van der Waals surface area contributed by atoms with Crippen LogP contribution in [-0.2, 0) is 4.79 Å². The normalized spacial score (nSPS) is 22.6. The Morgan fingerprint density at radius 3 is 2.88 bits per heavy atom. The first-order valence-electron chi connectivity index (χ1n) is 6.33. The SMILES string of the molecule is C[C@H](NC1CCCNC(=O)C1)c1ccccc1. The van der Waals surface area contributed by atoms with E-state index in [9.17, 15) is 4.79 Å². The molecule has 3 nitrogen and oxygen atoms in total. The molecule has 0 spiro atoms. The Morgan fingerprint density at radius 1 is 1.35 bits per heavy atom. The monoisotopic (exact) mass is 232 g/mol. The zero-order chi connectivity index (χ0) is 12.1. The molecule has 1 heterocycles. The van der Waals surface area contributed by atoms with Crippen molar-refractivity contribution in [1.29, 1.82) is 0 Å². The lowest BCUT2D eigenvalue weighted by Crippen LogP contribution is -2.34. The maximum Gasteiger partial charge on any atom is 0.221 e. The Labute approximate surface area is 103 Å². The second kappa shape index (κ2) is 5.82. The summed E-state index contributed by atoms with van der Waals surface area (Å²) in [6, 6.07) is 11.0. The van der Waals surface area contributed by atoms with Gasteiger partial charge >= 0.3 is 0 Å². The van der Waals surface area contributed by atoms with Crippen molar-refractivity contribution in [3.63, 3.8) is 0 Å². The van der Waals surface area contributed by atoms with Crippen LogP contribution in [0.15, 0.2) is 30.3 Å². The third-order valence-electron chi connectivity index (χ3n) is 3.27. The summed E-state index contributed by atoms with van der Waals surface area (Å²) in [4.78, 5) is 11.5. The summed E-state index contributed by atoms with van der Waals surface area (Å²) in [6.45, 7) is 2.97. The van der Waals surface area contributed by atoms with E-state index in [2.05, 4.69) is 29.7 Å². The van der Waals surface area contributed by atoms with Gasteiger partial charge in [0.25, 0.3) is 0 Å². The molecular weight excluding hydrogens is 212 g/mol. The molecule has 1 fully saturated rings. The molecule has 1 saturated heterocycles. The summed E-state index contributed by atoms with van der Waals surface area (Å²) in [5.41, 5.74) is 1.28. The fourth-order valence-corrected chi connectivity index (χ4v) is 2.31. The lowest BCUT2D eigenvalue weighted by Gasteiger charge is -2.21. The Morgan fingerprint density at radius 2 is 2.12 bits per heavy atom. The van der Waals surface area contributed by atoms with Crippen LogP contribution in [0.4, 0.5) is 0 Å². The van der Waals surface area contributed by atoms with E-state index < -0.39 is 0 Å². The third kappa shape index (κ3) is 3.56. The first kappa shape index (κ1) is 12.1. The van der Waals surface area contributed by atoms with Gasteiger partial charge in [0, 0.05) is 25.0 Å². The van der Waals surface area contributed by atoms with Gasteiger partial charge in [-0.15, -0.1) is 0 Å². The van der Waals surface area contributed by atoms with Crippen molar-refractivity contribution in [1.82, 2.24) is 10.6 Å². The summed E-state index contributed by atoms with van der Waals surface area (Å²) >= 11 is 0. The molecule has 0 saturated carbocycles. The first-order valence-corrected chi connectivity index (χ1v) is 6.33. The lowest BCUT2D eigenvalue weighted by molar-refractivity contribution is -0.121. The van der Waals surface area contributed by atoms with Gasteiger partial charge in [0.1, 0.15) is 0 Å². The molecule has 1 aliphatic rings. The average molecular weight is 232 g/mol. The van der Waals surface area contributed by atoms with E-state index in [0.29, 0.717) is 18.5 Å². The highest BCUT2D eigenvalue weighted by atomic mass is 16.1. The Hall–Kier alpha value is -1.35. The van der Waals surface area contributed by atoms with Gasteiger partial charge in [0.2, 0.25) is 5.91 Å². The van der Waals surface area contributed by atoms with E-state index in [1.165, 1.54) is 5.56 Å². The van der Waals surface area contributed by atoms with E-state index >= 15 is 0 Å². The molecule has 0 aliphatic carbocycles. The van der Waals surface area contributed by atoms with Gasteiger partial charge in [-0.2, -0.15) is 0 Å². The summed E-state index contributed by atoms with van der Waals surface area (Å²) in [6.07, 6.45) is 2.72. The predicted molar refractivity (Wildman–Crippen MR) is 68.6 cm³/mol. The maximum atomic E-state index is 11.5. The molecule has 1 unspecified atom stereocenters. The van der Waals surface area contributed by atoms with Gasteiger partial charge in [-0.05, 0) is 25.3 Å². The van der Waals surface area contributed by atoms with Gasteiger partial charge in [0.05, 0.1) is 0 Å². The molecule has 1 aliphatic heterocycles. The first-order chi connectivity index (χ1) is 8.25. The van der Waals surface area contributed by atoms with Gasteiger partial charge < -0.3 is 10.6 Å². The molecule has 3 heteroatoms. The predicted octanol–water partition coefficient (Wildman–Crippen LogP) is 2.01. The van der Waals surface area contributed by atoms with Crippen LogP contribution in [-0.4, -0.2) is 18.5 Å². The van der Waals surface area contributed by atoms with Crippen LogP contribution >= 0.6 is 0 Å². The molecule has 1 amide bonds. The van der Waals surface area contributed by atoms with Gasteiger partial charge in [-0.1, -0.05) is 30.3 Å².